The first-order chi connectivity index (χ1) is 16.8. The molecule has 2 aliphatic heterocycles. The van der Waals surface area contributed by atoms with Gasteiger partial charge in [0.1, 0.15) is 11.7 Å². The van der Waals surface area contributed by atoms with Crippen LogP contribution >= 0.6 is 11.6 Å². The third-order valence-corrected chi connectivity index (χ3v) is 6.69. The van der Waals surface area contributed by atoms with E-state index in [1.54, 1.807) is 6.07 Å². The maximum atomic E-state index is 15.3. The van der Waals surface area contributed by atoms with Crippen LogP contribution in [0.2, 0.25) is 5.02 Å². The molecule has 0 bridgehead atoms. The van der Waals surface area contributed by atoms with E-state index in [4.69, 9.17) is 16.3 Å². The Kier molecular flexibility index (Phi) is 8.44. The zero-order chi connectivity index (χ0) is 24.7. The van der Waals surface area contributed by atoms with Crippen molar-refractivity contribution in [3.05, 3.63) is 35.8 Å². The van der Waals surface area contributed by atoms with Gasteiger partial charge in [0.05, 0.1) is 29.0 Å². The summed E-state index contributed by atoms with van der Waals surface area (Å²) in [4.78, 5) is 15.2. The number of aromatic nitrogens is 4. The Morgan fingerprint density at radius 2 is 2.08 bits per heavy atom. The van der Waals surface area contributed by atoms with Crippen molar-refractivity contribution in [2.75, 3.05) is 29.9 Å². The van der Waals surface area contributed by atoms with Gasteiger partial charge in [-0.2, -0.15) is 6.61 Å². The zero-order valence-corrected chi connectivity index (χ0v) is 22.3. The van der Waals surface area contributed by atoms with E-state index < -0.39 is 18.1 Å². The molecule has 1 unspecified atom stereocenters. The molecule has 197 valence electrons. The van der Waals surface area contributed by atoms with Crippen molar-refractivity contribution in [3.8, 4) is 11.3 Å². The number of nitrogens with zero attached hydrogens (tertiary/aromatic N) is 5. The molecule has 2 saturated heterocycles. The van der Waals surface area contributed by atoms with Crippen LogP contribution in [0, 0.1) is 12.4 Å². The zero-order valence-electron chi connectivity index (χ0n) is 19.9. The van der Waals surface area contributed by atoms with Crippen molar-refractivity contribution < 1.29 is 38.1 Å². The van der Waals surface area contributed by atoms with E-state index in [0.29, 0.717) is 48.7 Å². The van der Waals surface area contributed by atoms with Crippen LogP contribution < -0.4 is 10.2 Å². The molecule has 0 spiro atoms. The van der Waals surface area contributed by atoms with Crippen molar-refractivity contribution in [2.45, 2.75) is 57.5 Å². The number of benzene rings is 1. The Balaban J connectivity index is 0.00000304. The second-order valence-corrected chi connectivity index (χ2v) is 9.72. The van der Waals surface area contributed by atoms with Crippen molar-refractivity contribution in [3.63, 3.8) is 0 Å². The van der Waals surface area contributed by atoms with Crippen LogP contribution in [0.25, 0.3) is 22.3 Å². The first kappa shape index (κ1) is 27.1. The Morgan fingerprint density at radius 3 is 2.81 bits per heavy atom. The fourth-order valence-corrected chi connectivity index (χ4v) is 4.89. The SMILES string of the molecule is CC(C)n1c(N2CC[C@@H](F)C2)nc2c(F)cc(-c3nc(NC4CCCO[CH-][C@H]4O)ncc3Cl)cc21.[Rh]. The Morgan fingerprint density at radius 1 is 1.28 bits per heavy atom. The molecule has 2 N–H and O–H groups in total. The van der Waals surface area contributed by atoms with Gasteiger partial charge in [-0.1, -0.05) is 11.6 Å². The number of fused-ring (bicyclic) bond motifs is 1. The monoisotopic (exact) mass is 608 g/mol. The molecule has 0 saturated carbocycles. The number of aliphatic hydroxyl groups is 1. The van der Waals surface area contributed by atoms with Gasteiger partial charge < -0.3 is 24.6 Å². The fraction of sp³-hybridized carbons (Fsp3) is 0.500. The van der Waals surface area contributed by atoms with E-state index in [1.165, 1.54) is 18.9 Å². The minimum absolute atomic E-state index is 0. The summed E-state index contributed by atoms with van der Waals surface area (Å²) >= 11 is 6.44. The molecule has 1 radical (unpaired) electrons. The van der Waals surface area contributed by atoms with Gasteiger partial charge in [-0.3, -0.25) is 0 Å². The minimum Gasteiger partial charge on any atom is -0.549 e. The summed E-state index contributed by atoms with van der Waals surface area (Å²) in [5.41, 5.74) is 1.64. The third-order valence-electron chi connectivity index (χ3n) is 6.42. The number of hydrogen-bond acceptors (Lipinski definition) is 7. The van der Waals surface area contributed by atoms with E-state index in [2.05, 4.69) is 20.3 Å². The van der Waals surface area contributed by atoms with Crippen molar-refractivity contribution >= 4 is 34.5 Å². The number of hydrogen-bond donors (Lipinski definition) is 2. The second-order valence-electron chi connectivity index (χ2n) is 9.31. The molecule has 3 aromatic rings. The van der Waals surface area contributed by atoms with E-state index in [1.807, 2.05) is 23.3 Å². The van der Waals surface area contributed by atoms with Gasteiger partial charge in [-0.25, -0.2) is 23.7 Å². The van der Waals surface area contributed by atoms with Crippen LogP contribution in [0.3, 0.4) is 0 Å². The molecule has 2 aliphatic rings. The average molecular weight is 609 g/mol. The Bertz CT molecular complexity index is 1230. The number of halogens is 3. The number of ether oxygens (including phenoxy) is 1. The van der Waals surface area contributed by atoms with Crippen LogP contribution in [0.1, 0.15) is 39.2 Å². The van der Waals surface area contributed by atoms with Crippen LogP contribution in [-0.4, -0.2) is 62.6 Å². The van der Waals surface area contributed by atoms with E-state index in [0.717, 1.165) is 6.42 Å². The first-order valence-corrected chi connectivity index (χ1v) is 12.2. The number of alkyl halides is 1. The fourth-order valence-electron chi connectivity index (χ4n) is 4.69. The molecular weight excluding hydrogens is 581 g/mol. The number of nitrogens with one attached hydrogen (secondary N) is 1. The maximum absolute atomic E-state index is 15.3. The van der Waals surface area contributed by atoms with E-state index in [-0.39, 0.29) is 54.6 Å². The minimum atomic E-state index is -0.919. The van der Waals surface area contributed by atoms with Gasteiger partial charge in [0.25, 0.3) is 0 Å². The van der Waals surface area contributed by atoms with Crippen molar-refractivity contribution in [1.29, 1.82) is 0 Å². The summed E-state index contributed by atoms with van der Waals surface area (Å²) in [6.45, 7) is 6.69. The number of aliphatic hydroxyl groups excluding tert-OH is 1. The normalized spacial score (nSPS) is 22.6. The van der Waals surface area contributed by atoms with Gasteiger partial charge in [0.2, 0.25) is 11.9 Å². The molecule has 3 atom stereocenters. The van der Waals surface area contributed by atoms with Gasteiger partial charge in [0, 0.05) is 50.3 Å². The maximum Gasteiger partial charge on any atom is 0.223 e. The molecule has 2 aromatic heterocycles. The molecule has 4 heterocycles. The molecule has 12 heteroatoms. The molecule has 5 rings (SSSR count). The Hall–Kier alpha value is -1.94. The van der Waals surface area contributed by atoms with Crippen LogP contribution in [0.5, 0.6) is 0 Å². The van der Waals surface area contributed by atoms with Gasteiger partial charge in [-0.05, 0) is 51.3 Å². The van der Waals surface area contributed by atoms with Crippen molar-refractivity contribution in [2.24, 2.45) is 0 Å². The average Bonchev–Trinajstić information content (AvgIpc) is 3.36. The van der Waals surface area contributed by atoms with E-state index >= 15 is 4.39 Å². The van der Waals surface area contributed by atoms with Crippen LogP contribution in [0.15, 0.2) is 18.3 Å². The topological polar surface area (TPSA) is 88.3 Å². The molecular formula is C24H28ClF2N6O2Rh-. The third kappa shape index (κ3) is 5.35. The number of anilines is 2. The van der Waals surface area contributed by atoms with Crippen LogP contribution in [0.4, 0.5) is 20.7 Å². The first-order valence-electron chi connectivity index (χ1n) is 11.8. The van der Waals surface area contributed by atoms with Gasteiger partial charge >= 0.3 is 0 Å². The molecule has 0 aliphatic carbocycles. The molecule has 8 nitrogen and oxygen atoms in total. The largest absolute Gasteiger partial charge is 0.549 e. The summed E-state index contributed by atoms with van der Waals surface area (Å²) in [6, 6.07) is 2.80. The summed E-state index contributed by atoms with van der Waals surface area (Å²) in [6.07, 6.45) is 1.59. The van der Waals surface area contributed by atoms with Gasteiger partial charge in [0.15, 0.2) is 5.82 Å². The second kappa shape index (κ2) is 11.2. The molecule has 2 fully saturated rings. The predicted octanol–water partition coefficient (Wildman–Crippen LogP) is 4.53. The van der Waals surface area contributed by atoms with E-state index in [9.17, 15) is 9.50 Å². The summed E-state index contributed by atoms with van der Waals surface area (Å²) < 4.78 is 36.4. The quantitative estimate of drug-likeness (QED) is 0.325. The molecule has 36 heavy (non-hydrogen) atoms. The summed E-state index contributed by atoms with van der Waals surface area (Å²) in [5, 5.41) is 13.7. The predicted molar refractivity (Wildman–Crippen MR) is 131 cm³/mol. The Labute approximate surface area is 226 Å². The standard InChI is InChI=1S/C24H28ClF2N6O2.Rh/c1-13(2)33-19-9-14(8-17(27)22(19)31-24(33)32-6-5-15(26)11-32)21-16(25)10-28-23(30-21)29-18-4-3-7-35-12-20(18)34;/h8-10,12-13,15,18,20,34H,3-7,11H2,1-2H3,(H,28,29,30);/q-1;/t15-,18?,20-;/m1./s1. The number of rotatable bonds is 5. The molecule has 1 aromatic carbocycles. The summed E-state index contributed by atoms with van der Waals surface area (Å²) in [7, 11) is 0. The smallest absolute Gasteiger partial charge is 0.223 e. The van der Waals surface area contributed by atoms with Gasteiger partial charge in [-0.15, -0.1) is 0 Å². The number of imidazole rings is 1. The van der Waals surface area contributed by atoms with Crippen LogP contribution in [-0.2, 0) is 24.2 Å². The molecule has 0 amide bonds. The van der Waals surface area contributed by atoms with Crippen molar-refractivity contribution in [1.82, 2.24) is 19.5 Å². The summed E-state index contributed by atoms with van der Waals surface area (Å²) in [5.74, 6) is 0.320.